The third-order valence-corrected chi connectivity index (χ3v) is 6.73. The van der Waals surface area contributed by atoms with Crippen LogP contribution in [0.4, 0.5) is 33.7 Å². The third kappa shape index (κ3) is 5.10. The SMILES string of the molecule is Cc1c(-c2cc3cc(OC(=O)NC4CCN(CC(F)F)CC4F)ncc3c(N)c2F)cnc2c1NCCO2. The lowest BCUT2D eigenvalue weighted by Gasteiger charge is -2.34. The van der Waals surface area contributed by atoms with Crippen LogP contribution in [0.1, 0.15) is 12.0 Å². The van der Waals surface area contributed by atoms with Gasteiger partial charge in [0, 0.05) is 54.6 Å². The summed E-state index contributed by atoms with van der Waals surface area (Å²) < 4.78 is 65.7. The van der Waals surface area contributed by atoms with Crippen LogP contribution >= 0.6 is 0 Å². The average Bonchev–Trinajstić information content (AvgIpc) is 2.88. The first-order valence-electron chi connectivity index (χ1n) is 12.1. The molecule has 2 aliphatic heterocycles. The Kier molecular flexibility index (Phi) is 7.11. The Bertz CT molecular complexity index is 1370. The number of amides is 1. The number of nitrogens with zero attached hydrogens (tertiary/aromatic N) is 3. The summed E-state index contributed by atoms with van der Waals surface area (Å²) >= 11 is 0. The number of nitrogens with one attached hydrogen (secondary N) is 2. The Labute approximate surface area is 215 Å². The van der Waals surface area contributed by atoms with Crippen molar-refractivity contribution in [3.05, 3.63) is 35.9 Å². The van der Waals surface area contributed by atoms with E-state index in [1.54, 1.807) is 6.07 Å². The number of carbonyl (C=O) groups is 1. The van der Waals surface area contributed by atoms with Gasteiger partial charge in [-0.1, -0.05) is 0 Å². The minimum Gasteiger partial charge on any atom is -0.474 e. The molecule has 5 rings (SSSR count). The summed E-state index contributed by atoms with van der Waals surface area (Å²) in [4.78, 5) is 22.1. The highest BCUT2D eigenvalue weighted by Crippen LogP contribution is 2.39. The summed E-state index contributed by atoms with van der Waals surface area (Å²) in [7, 11) is 0. The van der Waals surface area contributed by atoms with E-state index in [1.165, 1.54) is 23.4 Å². The van der Waals surface area contributed by atoms with Gasteiger partial charge in [-0.2, -0.15) is 0 Å². The molecule has 1 fully saturated rings. The van der Waals surface area contributed by atoms with Crippen molar-refractivity contribution in [3.8, 4) is 22.9 Å². The molecule has 4 N–H and O–H groups in total. The largest absolute Gasteiger partial charge is 0.474 e. The number of halogens is 4. The van der Waals surface area contributed by atoms with E-state index in [0.717, 1.165) is 5.56 Å². The van der Waals surface area contributed by atoms with Crippen LogP contribution in [-0.2, 0) is 0 Å². The highest BCUT2D eigenvalue weighted by Gasteiger charge is 2.32. The van der Waals surface area contributed by atoms with Crippen LogP contribution < -0.4 is 25.8 Å². The zero-order valence-electron chi connectivity index (χ0n) is 20.4. The zero-order chi connectivity index (χ0) is 27.0. The number of aromatic nitrogens is 2. The van der Waals surface area contributed by atoms with Crippen molar-refractivity contribution in [2.24, 2.45) is 0 Å². The molecule has 4 heterocycles. The third-order valence-electron chi connectivity index (χ3n) is 6.73. The molecule has 2 aromatic heterocycles. The lowest BCUT2D eigenvalue weighted by Crippen LogP contribution is -2.53. The number of nitrogens with two attached hydrogens (primary N) is 1. The normalized spacial score (nSPS) is 19.5. The van der Waals surface area contributed by atoms with Gasteiger partial charge in [-0.05, 0) is 30.4 Å². The van der Waals surface area contributed by atoms with Crippen molar-refractivity contribution in [1.29, 1.82) is 0 Å². The van der Waals surface area contributed by atoms with Gasteiger partial charge in [-0.25, -0.2) is 32.3 Å². The van der Waals surface area contributed by atoms with Crippen molar-refractivity contribution in [3.63, 3.8) is 0 Å². The van der Waals surface area contributed by atoms with Crippen molar-refractivity contribution >= 4 is 28.2 Å². The Morgan fingerprint density at radius 3 is 2.89 bits per heavy atom. The Hall–Kier alpha value is -3.87. The molecule has 0 radical (unpaired) electrons. The van der Waals surface area contributed by atoms with E-state index in [9.17, 15) is 18.0 Å². The topological polar surface area (TPSA) is 115 Å². The van der Waals surface area contributed by atoms with E-state index in [0.29, 0.717) is 41.1 Å². The molecule has 13 heteroatoms. The summed E-state index contributed by atoms with van der Waals surface area (Å²) in [5.41, 5.74) is 8.08. The van der Waals surface area contributed by atoms with E-state index in [1.807, 2.05) is 6.92 Å². The summed E-state index contributed by atoms with van der Waals surface area (Å²) in [5.74, 6) is -0.305. The smallest absolute Gasteiger partial charge is 0.414 e. The zero-order valence-corrected chi connectivity index (χ0v) is 20.4. The van der Waals surface area contributed by atoms with E-state index in [4.69, 9.17) is 15.2 Å². The molecule has 2 atom stereocenters. The first-order valence-corrected chi connectivity index (χ1v) is 12.1. The number of rotatable bonds is 5. The number of ether oxygens (including phenoxy) is 2. The maximum Gasteiger partial charge on any atom is 0.414 e. The van der Waals surface area contributed by atoms with Crippen LogP contribution in [0, 0.1) is 12.7 Å². The van der Waals surface area contributed by atoms with E-state index < -0.39 is 37.1 Å². The van der Waals surface area contributed by atoms with Crippen molar-refractivity contribution in [2.75, 3.05) is 43.8 Å². The maximum absolute atomic E-state index is 15.3. The van der Waals surface area contributed by atoms with E-state index in [-0.39, 0.29) is 36.6 Å². The fourth-order valence-electron chi connectivity index (χ4n) is 4.79. The summed E-state index contributed by atoms with van der Waals surface area (Å²) in [6.45, 7) is 2.37. The van der Waals surface area contributed by atoms with Gasteiger partial charge >= 0.3 is 6.09 Å². The average molecular weight is 535 g/mol. The molecule has 3 aromatic rings. The minimum absolute atomic E-state index is 0.104. The number of hydrogen-bond donors (Lipinski definition) is 3. The van der Waals surface area contributed by atoms with Gasteiger partial charge in [0.1, 0.15) is 18.5 Å². The molecular formula is C25H26F4N6O3. The summed E-state index contributed by atoms with van der Waals surface area (Å²) in [5, 5.41) is 6.42. The Balaban J connectivity index is 1.35. The molecule has 2 unspecified atom stereocenters. The van der Waals surface area contributed by atoms with E-state index >= 15 is 4.39 Å². The second-order valence-electron chi connectivity index (χ2n) is 9.24. The second kappa shape index (κ2) is 10.5. The molecule has 2 aliphatic rings. The number of fused-ring (bicyclic) bond motifs is 2. The summed E-state index contributed by atoms with van der Waals surface area (Å²) in [6, 6.07) is 2.10. The van der Waals surface area contributed by atoms with Crippen LogP contribution in [0.15, 0.2) is 24.5 Å². The first-order chi connectivity index (χ1) is 18.2. The predicted molar refractivity (Wildman–Crippen MR) is 133 cm³/mol. The molecule has 1 aromatic carbocycles. The minimum atomic E-state index is -2.56. The molecule has 202 valence electrons. The molecule has 1 saturated heterocycles. The second-order valence-corrected chi connectivity index (χ2v) is 9.24. The highest BCUT2D eigenvalue weighted by molar-refractivity contribution is 5.98. The number of pyridine rings is 2. The molecule has 9 nitrogen and oxygen atoms in total. The fourth-order valence-corrected chi connectivity index (χ4v) is 4.79. The van der Waals surface area contributed by atoms with Crippen molar-refractivity contribution < 1.29 is 31.8 Å². The van der Waals surface area contributed by atoms with Crippen molar-refractivity contribution in [2.45, 2.75) is 32.0 Å². The summed E-state index contributed by atoms with van der Waals surface area (Å²) in [6.07, 6.45) is -2.08. The number of nitrogen functional groups attached to an aromatic ring is 1. The van der Waals surface area contributed by atoms with Crippen LogP contribution in [0.2, 0.25) is 0 Å². The number of hydrogen-bond acceptors (Lipinski definition) is 8. The standard InChI is InChI=1S/C25H26F4N6O3/c1-12-15(8-33-24-23(12)31-3-5-37-24)14-6-13-7-20(32-9-16(13)22(30)21(14)29)38-25(36)34-18-2-4-35(10-17(18)26)11-19(27)28/h6-9,17-19,31H,2-5,10-11,30H2,1H3,(H,34,36). The molecule has 1 amide bonds. The van der Waals surface area contributed by atoms with Crippen LogP contribution in [0.25, 0.3) is 21.9 Å². The first kappa shape index (κ1) is 25.8. The number of piperidine rings is 1. The molecule has 0 bridgehead atoms. The maximum atomic E-state index is 15.3. The van der Waals surface area contributed by atoms with Crippen molar-refractivity contribution in [1.82, 2.24) is 20.2 Å². The molecule has 0 saturated carbocycles. The molecule has 0 aliphatic carbocycles. The number of likely N-dealkylation sites (tertiary alicyclic amines) is 1. The van der Waals surface area contributed by atoms with Gasteiger partial charge in [0.25, 0.3) is 6.43 Å². The Morgan fingerprint density at radius 2 is 2.13 bits per heavy atom. The van der Waals surface area contributed by atoms with Crippen LogP contribution in [0.5, 0.6) is 11.8 Å². The number of alkyl halides is 3. The van der Waals surface area contributed by atoms with Gasteiger partial charge in [0.05, 0.1) is 18.3 Å². The monoisotopic (exact) mass is 534 g/mol. The van der Waals surface area contributed by atoms with Gasteiger partial charge in [0.15, 0.2) is 5.82 Å². The van der Waals surface area contributed by atoms with Crippen LogP contribution in [0.3, 0.4) is 0 Å². The van der Waals surface area contributed by atoms with Gasteiger partial charge in [-0.15, -0.1) is 0 Å². The Morgan fingerprint density at radius 1 is 1.32 bits per heavy atom. The molecule has 0 spiro atoms. The van der Waals surface area contributed by atoms with Crippen LogP contribution in [-0.4, -0.2) is 72.4 Å². The number of carbonyl (C=O) groups excluding carboxylic acids is 1. The number of benzene rings is 1. The molecule has 38 heavy (non-hydrogen) atoms. The van der Waals surface area contributed by atoms with Gasteiger partial charge < -0.3 is 25.8 Å². The molecular weight excluding hydrogens is 508 g/mol. The highest BCUT2D eigenvalue weighted by atomic mass is 19.3. The number of anilines is 2. The van der Waals surface area contributed by atoms with E-state index in [2.05, 4.69) is 20.6 Å². The lowest BCUT2D eigenvalue weighted by molar-refractivity contribution is 0.0436. The van der Waals surface area contributed by atoms with Gasteiger partial charge in [-0.3, -0.25) is 4.90 Å². The van der Waals surface area contributed by atoms with Gasteiger partial charge in [0.2, 0.25) is 11.8 Å². The lowest BCUT2D eigenvalue weighted by atomic mass is 9.97. The fraction of sp³-hybridized carbons (Fsp3) is 0.400. The quantitative estimate of drug-likeness (QED) is 0.334. The predicted octanol–water partition coefficient (Wildman–Crippen LogP) is 3.90.